The maximum atomic E-state index is 4.59. The van der Waals surface area contributed by atoms with E-state index in [2.05, 4.69) is 41.0 Å². The molecule has 0 radical (unpaired) electrons. The molecule has 0 spiro atoms. The molecule has 1 N–H and O–H groups in total. The summed E-state index contributed by atoms with van der Waals surface area (Å²) in [5.41, 5.74) is 1.16. The number of anilines is 1. The van der Waals surface area contributed by atoms with Crippen molar-refractivity contribution in [2.45, 2.75) is 45.4 Å². The lowest BCUT2D eigenvalue weighted by Gasteiger charge is -2.26. The molecule has 0 amide bonds. The van der Waals surface area contributed by atoms with Gasteiger partial charge in [-0.3, -0.25) is 0 Å². The second kappa shape index (κ2) is 6.33. The van der Waals surface area contributed by atoms with Gasteiger partial charge in [0.25, 0.3) is 0 Å². The van der Waals surface area contributed by atoms with Crippen LogP contribution in [-0.2, 0) is 5.41 Å². The fourth-order valence-electron chi connectivity index (χ4n) is 2.37. The van der Waals surface area contributed by atoms with E-state index in [1.54, 1.807) is 0 Å². The third kappa shape index (κ3) is 4.46. The van der Waals surface area contributed by atoms with E-state index in [4.69, 9.17) is 0 Å². The molecule has 1 aromatic rings. The third-order valence-electron chi connectivity index (χ3n) is 3.58. The largest absolute Gasteiger partial charge is 0.353 e. The van der Waals surface area contributed by atoms with Crippen molar-refractivity contribution in [3.8, 4) is 0 Å². The molecular formula is C15H26N4. The summed E-state index contributed by atoms with van der Waals surface area (Å²) in [6.45, 7) is 11.0. The number of rotatable bonds is 4. The molecule has 0 bridgehead atoms. The molecule has 1 saturated heterocycles. The Labute approximate surface area is 116 Å². The average Bonchev–Trinajstić information content (AvgIpc) is 2.39. The number of piperidine rings is 1. The molecule has 19 heavy (non-hydrogen) atoms. The Morgan fingerprint density at radius 3 is 2.63 bits per heavy atom. The highest BCUT2D eigenvalue weighted by Crippen LogP contribution is 2.20. The zero-order valence-electron chi connectivity index (χ0n) is 12.4. The number of hydrogen-bond donors (Lipinski definition) is 1. The molecule has 1 aromatic heterocycles. The van der Waals surface area contributed by atoms with E-state index in [0.717, 1.165) is 24.7 Å². The third-order valence-corrected chi connectivity index (χ3v) is 3.58. The van der Waals surface area contributed by atoms with Crippen LogP contribution in [0.1, 0.15) is 45.7 Å². The van der Waals surface area contributed by atoms with Crippen LogP contribution in [0.3, 0.4) is 0 Å². The smallest absolute Gasteiger partial charge is 0.222 e. The van der Waals surface area contributed by atoms with Crippen LogP contribution in [0.5, 0.6) is 0 Å². The molecular weight excluding hydrogens is 236 g/mol. The molecule has 1 aliphatic rings. The fraction of sp³-hybridized carbons (Fsp3) is 0.733. The first kappa shape index (κ1) is 14.3. The molecule has 0 atom stereocenters. The fourth-order valence-corrected chi connectivity index (χ4v) is 2.37. The van der Waals surface area contributed by atoms with Gasteiger partial charge in [0.2, 0.25) is 5.95 Å². The van der Waals surface area contributed by atoms with Crippen LogP contribution < -0.4 is 5.32 Å². The average molecular weight is 262 g/mol. The maximum absolute atomic E-state index is 4.59. The summed E-state index contributed by atoms with van der Waals surface area (Å²) in [5, 5.41) is 3.34. The zero-order chi connectivity index (χ0) is 13.7. The molecule has 1 aliphatic heterocycles. The molecule has 0 saturated carbocycles. The zero-order valence-corrected chi connectivity index (χ0v) is 12.4. The summed E-state index contributed by atoms with van der Waals surface area (Å²) in [6, 6.07) is 2.00. The molecule has 0 unspecified atom stereocenters. The predicted molar refractivity (Wildman–Crippen MR) is 79.5 cm³/mol. The normalized spacial score (nSPS) is 17.4. The lowest BCUT2D eigenvalue weighted by Crippen LogP contribution is -2.34. The van der Waals surface area contributed by atoms with Gasteiger partial charge in [0.15, 0.2) is 0 Å². The molecule has 4 heteroatoms. The van der Waals surface area contributed by atoms with E-state index in [0.29, 0.717) is 0 Å². The lowest BCUT2D eigenvalue weighted by molar-refractivity contribution is 0.237. The van der Waals surface area contributed by atoms with Gasteiger partial charge in [-0.15, -0.1) is 0 Å². The SMILES string of the molecule is CC(C)(C)c1ccnc(NCCN2CCCCC2)n1. The van der Waals surface area contributed by atoms with Crippen LogP contribution in [-0.4, -0.2) is 41.0 Å². The summed E-state index contributed by atoms with van der Waals surface area (Å²) < 4.78 is 0. The Kier molecular flexibility index (Phi) is 4.75. The monoisotopic (exact) mass is 262 g/mol. The second-order valence-electron chi connectivity index (χ2n) is 6.34. The number of aromatic nitrogens is 2. The van der Waals surface area contributed by atoms with Crippen molar-refractivity contribution in [3.63, 3.8) is 0 Å². The second-order valence-corrected chi connectivity index (χ2v) is 6.34. The molecule has 1 fully saturated rings. The van der Waals surface area contributed by atoms with Crippen LogP contribution in [0.25, 0.3) is 0 Å². The Hall–Kier alpha value is -1.16. The van der Waals surface area contributed by atoms with Gasteiger partial charge in [0.1, 0.15) is 0 Å². The van der Waals surface area contributed by atoms with Gasteiger partial charge >= 0.3 is 0 Å². The molecule has 0 aromatic carbocycles. The Morgan fingerprint density at radius 1 is 1.21 bits per heavy atom. The topological polar surface area (TPSA) is 41.1 Å². The van der Waals surface area contributed by atoms with Crippen LogP contribution in [0, 0.1) is 0 Å². The number of nitrogens with zero attached hydrogens (tertiary/aromatic N) is 3. The minimum Gasteiger partial charge on any atom is -0.353 e. The van der Waals surface area contributed by atoms with E-state index in [9.17, 15) is 0 Å². The summed E-state index contributed by atoms with van der Waals surface area (Å²) in [4.78, 5) is 11.4. The molecule has 106 valence electrons. The van der Waals surface area contributed by atoms with Crippen molar-refractivity contribution in [2.75, 3.05) is 31.5 Å². The highest BCUT2D eigenvalue weighted by molar-refractivity contribution is 5.27. The van der Waals surface area contributed by atoms with E-state index in [-0.39, 0.29) is 5.41 Å². The van der Waals surface area contributed by atoms with E-state index >= 15 is 0 Å². The molecule has 2 rings (SSSR count). The summed E-state index contributed by atoms with van der Waals surface area (Å²) in [7, 11) is 0. The van der Waals surface area contributed by atoms with Gasteiger partial charge in [0.05, 0.1) is 5.69 Å². The van der Waals surface area contributed by atoms with Crippen molar-refractivity contribution in [3.05, 3.63) is 18.0 Å². The standard InChI is InChI=1S/C15H26N4/c1-15(2,3)13-7-8-16-14(18-13)17-9-12-19-10-5-4-6-11-19/h7-8H,4-6,9-12H2,1-3H3,(H,16,17,18). The quantitative estimate of drug-likeness (QED) is 0.905. The Balaban J connectivity index is 1.82. The van der Waals surface area contributed by atoms with Crippen LogP contribution in [0.15, 0.2) is 12.3 Å². The molecule has 0 aliphatic carbocycles. The van der Waals surface area contributed by atoms with Crippen LogP contribution in [0.4, 0.5) is 5.95 Å². The minimum atomic E-state index is 0.0756. The first-order valence-corrected chi connectivity index (χ1v) is 7.35. The van der Waals surface area contributed by atoms with E-state index in [1.165, 1.54) is 32.4 Å². The van der Waals surface area contributed by atoms with E-state index < -0.39 is 0 Å². The minimum absolute atomic E-state index is 0.0756. The van der Waals surface area contributed by atoms with Gasteiger partial charge in [-0.1, -0.05) is 27.2 Å². The van der Waals surface area contributed by atoms with Gasteiger partial charge < -0.3 is 10.2 Å². The van der Waals surface area contributed by atoms with Crippen molar-refractivity contribution in [1.82, 2.24) is 14.9 Å². The Morgan fingerprint density at radius 2 is 1.95 bits per heavy atom. The Bertz CT molecular complexity index is 391. The van der Waals surface area contributed by atoms with Crippen molar-refractivity contribution in [2.24, 2.45) is 0 Å². The lowest BCUT2D eigenvalue weighted by atomic mass is 9.92. The van der Waals surface area contributed by atoms with Crippen LogP contribution >= 0.6 is 0 Å². The van der Waals surface area contributed by atoms with Crippen molar-refractivity contribution >= 4 is 5.95 Å². The van der Waals surface area contributed by atoms with Gasteiger partial charge in [-0.25, -0.2) is 9.97 Å². The van der Waals surface area contributed by atoms with Crippen molar-refractivity contribution < 1.29 is 0 Å². The van der Waals surface area contributed by atoms with Gasteiger partial charge in [-0.05, 0) is 32.0 Å². The maximum Gasteiger partial charge on any atom is 0.222 e. The highest BCUT2D eigenvalue weighted by atomic mass is 15.2. The van der Waals surface area contributed by atoms with Gasteiger partial charge in [0, 0.05) is 24.7 Å². The predicted octanol–water partition coefficient (Wildman–Crippen LogP) is 2.67. The van der Waals surface area contributed by atoms with Crippen molar-refractivity contribution in [1.29, 1.82) is 0 Å². The highest BCUT2D eigenvalue weighted by Gasteiger charge is 2.16. The first-order valence-electron chi connectivity index (χ1n) is 7.35. The summed E-state index contributed by atoms with van der Waals surface area (Å²) >= 11 is 0. The summed E-state index contributed by atoms with van der Waals surface area (Å²) in [6.07, 6.45) is 5.92. The first-order chi connectivity index (χ1) is 9.05. The molecule has 2 heterocycles. The van der Waals surface area contributed by atoms with Gasteiger partial charge in [-0.2, -0.15) is 0 Å². The van der Waals surface area contributed by atoms with Crippen LogP contribution in [0.2, 0.25) is 0 Å². The van der Waals surface area contributed by atoms with E-state index in [1.807, 2.05) is 12.3 Å². The summed E-state index contributed by atoms with van der Waals surface area (Å²) in [5.74, 6) is 0.754. The number of nitrogens with one attached hydrogen (secondary N) is 1. The number of hydrogen-bond acceptors (Lipinski definition) is 4. The number of likely N-dealkylation sites (tertiary alicyclic amines) is 1. The molecule has 4 nitrogen and oxygen atoms in total.